The molecule has 7 heteroatoms. The van der Waals surface area contributed by atoms with E-state index in [0.717, 1.165) is 31.0 Å². The Balaban J connectivity index is 0.00000441. The second-order valence-corrected chi connectivity index (χ2v) is 4.74. The van der Waals surface area contributed by atoms with Crippen LogP contribution in [0.25, 0.3) is 0 Å². The fourth-order valence-corrected chi connectivity index (χ4v) is 1.72. The van der Waals surface area contributed by atoms with Gasteiger partial charge in [-0.15, -0.1) is 24.0 Å². The van der Waals surface area contributed by atoms with E-state index in [9.17, 15) is 4.79 Å². The Hall–Kier alpha value is -1.38. The van der Waals surface area contributed by atoms with Crippen LogP contribution in [-0.2, 0) is 4.79 Å². The number of amides is 1. The molecule has 6 nitrogen and oxygen atoms in total. The van der Waals surface area contributed by atoms with Crippen LogP contribution in [0.1, 0.15) is 31.9 Å². The van der Waals surface area contributed by atoms with Gasteiger partial charge in [-0.2, -0.15) is 0 Å². The first kappa shape index (κ1) is 20.6. The first-order chi connectivity index (χ1) is 10.2. The maximum atomic E-state index is 11.8. The molecule has 0 saturated carbocycles. The van der Waals surface area contributed by atoms with Crippen LogP contribution in [0, 0.1) is 6.92 Å². The summed E-state index contributed by atoms with van der Waals surface area (Å²) in [6, 6.07) is 5.54. The minimum absolute atomic E-state index is 0. The standard InChI is InChI=1S/C15H25N5O.HI/c1-4-5-10-17-15(16-3)18-11-9-14(21)20-13-8-6-7-12(2)19-13;/h6-8H,4-5,9-11H2,1-3H3,(H2,16,17,18)(H,19,20,21);1H. The van der Waals surface area contributed by atoms with Gasteiger partial charge in [0.2, 0.25) is 5.91 Å². The lowest BCUT2D eigenvalue weighted by Gasteiger charge is -2.11. The van der Waals surface area contributed by atoms with Crippen molar-refractivity contribution in [2.75, 3.05) is 25.5 Å². The van der Waals surface area contributed by atoms with E-state index >= 15 is 0 Å². The predicted molar refractivity (Wildman–Crippen MR) is 102 cm³/mol. The second kappa shape index (κ2) is 12.2. The molecule has 0 spiro atoms. The van der Waals surface area contributed by atoms with Crippen LogP contribution in [-0.4, -0.2) is 37.0 Å². The van der Waals surface area contributed by atoms with E-state index in [0.29, 0.717) is 18.8 Å². The number of hydrogen-bond acceptors (Lipinski definition) is 3. The quantitative estimate of drug-likeness (QED) is 0.274. The fraction of sp³-hybridized carbons (Fsp3) is 0.533. The van der Waals surface area contributed by atoms with Gasteiger partial charge in [0.25, 0.3) is 0 Å². The van der Waals surface area contributed by atoms with Crippen molar-refractivity contribution < 1.29 is 4.79 Å². The summed E-state index contributed by atoms with van der Waals surface area (Å²) < 4.78 is 0. The van der Waals surface area contributed by atoms with Crippen LogP contribution in [0.2, 0.25) is 0 Å². The number of aromatic nitrogens is 1. The van der Waals surface area contributed by atoms with Gasteiger partial charge in [0.15, 0.2) is 5.96 Å². The van der Waals surface area contributed by atoms with Gasteiger partial charge in [0, 0.05) is 32.3 Å². The van der Waals surface area contributed by atoms with E-state index in [2.05, 4.69) is 32.9 Å². The molecule has 1 aromatic rings. The minimum Gasteiger partial charge on any atom is -0.356 e. The van der Waals surface area contributed by atoms with Crippen molar-refractivity contribution in [1.82, 2.24) is 15.6 Å². The van der Waals surface area contributed by atoms with E-state index < -0.39 is 0 Å². The van der Waals surface area contributed by atoms with E-state index in [1.807, 2.05) is 19.1 Å². The Morgan fingerprint density at radius 1 is 1.27 bits per heavy atom. The van der Waals surface area contributed by atoms with Gasteiger partial charge in [0.05, 0.1) is 0 Å². The van der Waals surface area contributed by atoms with Crippen LogP contribution >= 0.6 is 24.0 Å². The number of anilines is 1. The molecular formula is C15H26IN5O. The Morgan fingerprint density at radius 2 is 2.00 bits per heavy atom. The first-order valence-corrected chi connectivity index (χ1v) is 7.33. The molecule has 0 aromatic carbocycles. The van der Waals surface area contributed by atoms with Gasteiger partial charge >= 0.3 is 0 Å². The Labute approximate surface area is 149 Å². The molecule has 0 unspecified atom stereocenters. The summed E-state index contributed by atoms with van der Waals surface area (Å²) in [5, 5.41) is 9.09. The maximum absolute atomic E-state index is 11.8. The lowest BCUT2D eigenvalue weighted by Crippen LogP contribution is -2.39. The summed E-state index contributed by atoms with van der Waals surface area (Å²) in [5.41, 5.74) is 0.881. The lowest BCUT2D eigenvalue weighted by molar-refractivity contribution is -0.116. The Morgan fingerprint density at radius 3 is 2.64 bits per heavy atom. The van der Waals surface area contributed by atoms with Gasteiger partial charge in [-0.05, 0) is 25.5 Å². The monoisotopic (exact) mass is 419 g/mol. The normalized spacial score (nSPS) is 10.6. The van der Waals surface area contributed by atoms with Crippen molar-refractivity contribution in [2.45, 2.75) is 33.1 Å². The maximum Gasteiger partial charge on any atom is 0.227 e. The highest BCUT2D eigenvalue weighted by molar-refractivity contribution is 14.0. The summed E-state index contributed by atoms with van der Waals surface area (Å²) in [6.45, 7) is 5.45. The molecule has 1 aromatic heterocycles. The van der Waals surface area contributed by atoms with Crippen molar-refractivity contribution in [3.8, 4) is 0 Å². The SMILES string of the molecule is CCCCNC(=NC)NCCC(=O)Nc1cccc(C)n1.I. The number of aliphatic imine (C=N–C) groups is 1. The minimum atomic E-state index is -0.0652. The average molecular weight is 419 g/mol. The number of pyridine rings is 1. The fourth-order valence-electron chi connectivity index (χ4n) is 1.72. The number of hydrogen-bond donors (Lipinski definition) is 3. The molecule has 3 N–H and O–H groups in total. The number of carbonyl (C=O) groups excluding carboxylic acids is 1. The molecule has 0 radical (unpaired) electrons. The Kier molecular flexibility index (Phi) is 11.4. The molecule has 0 atom stereocenters. The van der Waals surface area contributed by atoms with E-state index in [4.69, 9.17) is 0 Å². The summed E-state index contributed by atoms with van der Waals surface area (Å²) in [7, 11) is 1.72. The summed E-state index contributed by atoms with van der Waals surface area (Å²) >= 11 is 0. The first-order valence-electron chi connectivity index (χ1n) is 7.33. The topological polar surface area (TPSA) is 78.4 Å². The number of nitrogens with one attached hydrogen (secondary N) is 3. The van der Waals surface area contributed by atoms with Crippen molar-refractivity contribution >= 4 is 41.7 Å². The summed E-state index contributed by atoms with van der Waals surface area (Å²) in [6.07, 6.45) is 2.60. The third kappa shape index (κ3) is 8.81. The molecule has 0 aliphatic carbocycles. The van der Waals surface area contributed by atoms with Crippen LogP contribution in [0.5, 0.6) is 0 Å². The van der Waals surface area contributed by atoms with Crippen molar-refractivity contribution in [1.29, 1.82) is 0 Å². The molecule has 124 valence electrons. The number of unbranched alkanes of at least 4 members (excludes halogenated alkanes) is 1. The number of aryl methyl sites for hydroxylation is 1. The van der Waals surface area contributed by atoms with Gasteiger partial charge in [-0.3, -0.25) is 9.79 Å². The zero-order chi connectivity index (χ0) is 15.5. The van der Waals surface area contributed by atoms with E-state index in [1.54, 1.807) is 13.1 Å². The van der Waals surface area contributed by atoms with Gasteiger partial charge in [0.1, 0.15) is 5.82 Å². The van der Waals surface area contributed by atoms with Crippen LogP contribution in [0.3, 0.4) is 0 Å². The number of guanidine groups is 1. The van der Waals surface area contributed by atoms with Gasteiger partial charge in [-0.1, -0.05) is 19.4 Å². The van der Waals surface area contributed by atoms with Crippen molar-refractivity contribution in [2.24, 2.45) is 4.99 Å². The third-order valence-corrected chi connectivity index (χ3v) is 2.85. The van der Waals surface area contributed by atoms with E-state index in [1.165, 1.54) is 0 Å². The average Bonchev–Trinajstić information content (AvgIpc) is 2.45. The van der Waals surface area contributed by atoms with E-state index in [-0.39, 0.29) is 29.9 Å². The van der Waals surface area contributed by atoms with Crippen molar-refractivity contribution in [3.05, 3.63) is 23.9 Å². The van der Waals surface area contributed by atoms with Crippen LogP contribution in [0.4, 0.5) is 5.82 Å². The molecule has 0 fully saturated rings. The highest BCUT2D eigenvalue weighted by Crippen LogP contribution is 2.03. The molecule has 1 heterocycles. The summed E-state index contributed by atoms with van der Waals surface area (Å²) in [5.74, 6) is 1.25. The number of nitrogens with zero attached hydrogens (tertiary/aromatic N) is 2. The van der Waals surface area contributed by atoms with Gasteiger partial charge in [-0.25, -0.2) is 4.98 Å². The third-order valence-electron chi connectivity index (χ3n) is 2.85. The zero-order valence-electron chi connectivity index (χ0n) is 13.5. The van der Waals surface area contributed by atoms with Crippen LogP contribution < -0.4 is 16.0 Å². The van der Waals surface area contributed by atoms with Crippen molar-refractivity contribution in [3.63, 3.8) is 0 Å². The molecule has 0 aliphatic heterocycles. The molecule has 0 saturated heterocycles. The highest BCUT2D eigenvalue weighted by Gasteiger charge is 2.04. The molecule has 22 heavy (non-hydrogen) atoms. The molecule has 0 bridgehead atoms. The lowest BCUT2D eigenvalue weighted by atomic mass is 10.3. The predicted octanol–water partition coefficient (Wildman–Crippen LogP) is 2.30. The molecular weight excluding hydrogens is 393 g/mol. The highest BCUT2D eigenvalue weighted by atomic mass is 127. The van der Waals surface area contributed by atoms with Crippen LogP contribution in [0.15, 0.2) is 23.2 Å². The summed E-state index contributed by atoms with van der Waals surface area (Å²) in [4.78, 5) is 20.1. The molecule has 1 rings (SSSR count). The number of carbonyl (C=O) groups is 1. The second-order valence-electron chi connectivity index (χ2n) is 4.74. The largest absolute Gasteiger partial charge is 0.356 e. The molecule has 1 amide bonds. The zero-order valence-corrected chi connectivity index (χ0v) is 15.8. The number of halogens is 1. The molecule has 0 aliphatic rings. The van der Waals surface area contributed by atoms with Gasteiger partial charge < -0.3 is 16.0 Å². The smallest absolute Gasteiger partial charge is 0.227 e. The Bertz CT molecular complexity index is 479. The number of rotatable bonds is 7.